The minimum absolute atomic E-state index is 0.0977. The first kappa shape index (κ1) is 13.4. The van der Waals surface area contributed by atoms with E-state index in [9.17, 15) is 4.79 Å². The molecule has 0 aliphatic heterocycles. The molecule has 0 fully saturated rings. The van der Waals surface area contributed by atoms with Gasteiger partial charge in [0.05, 0.1) is 10.6 Å². The van der Waals surface area contributed by atoms with Gasteiger partial charge in [-0.25, -0.2) is 4.68 Å². The number of benzene rings is 1. The van der Waals surface area contributed by atoms with E-state index in [0.29, 0.717) is 0 Å². The van der Waals surface area contributed by atoms with Gasteiger partial charge in [0.2, 0.25) is 0 Å². The smallest absolute Gasteiger partial charge is 0.266 e. The zero-order chi connectivity index (χ0) is 14.8. The van der Waals surface area contributed by atoms with E-state index in [0.717, 1.165) is 27.4 Å². The minimum Gasteiger partial charge on any atom is -0.321 e. The van der Waals surface area contributed by atoms with Gasteiger partial charge in [-0.05, 0) is 59.0 Å². The lowest BCUT2D eigenvalue weighted by atomic mass is 10.1. The molecule has 21 heavy (non-hydrogen) atoms. The number of nitrogens with one attached hydrogen (secondary N) is 1. The van der Waals surface area contributed by atoms with Crippen LogP contribution in [0.25, 0.3) is 5.69 Å². The fourth-order valence-corrected chi connectivity index (χ4v) is 2.88. The third-order valence-corrected chi connectivity index (χ3v) is 4.23. The second-order valence-electron chi connectivity index (χ2n) is 4.59. The number of nitrogens with zero attached hydrogens (tertiary/aromatic N) is 4. The van der Waals surface area contributed by atoms with E-state index in [1.807, 2.05) is 43.5 Å². The number of hydrogen-bond acceptors (Lipinski definition) is 5. The second-order valence-corrected chi connectivity index (χ2v) is 5.51. The maximum atomic E-state index is 12.3. The van der Waals surface area contributed by atoms with Gasteiger partial charge in [0.15, 0.2) is 0 Å². The van der Waals surface area contributed by atoms with Crippen molar-refractivity contribution in [3.63, 3.8) is 0 Å². The molecule has 3 aromatic rings. The van der Waals surface area contributed by atoms with Crippen molar-refractivity contribution in [1.82, 2.24) is 20.2 Å². The Kier molecular flexibility index (Phi) is 3.49. The molecule has 106 valence electrons. The summed E-state index contributed by atoms with van der Waals surface area (Å²) in [6, 6.07) is 7.56. The van der Waals surface area contributed by atoms with Gasteiger partial charge in [0.25, 0.3) is 5.91 Å². The fourth-order valence-electron chi connectivity index (χ4n) is 2.06. The van der Waals surface area contributed by atoms with Crippen LogP contribution in [-0.4, -0.2) is 26.1 Å². The lowest BCUT2D eigenvalue weighted by Crippen LogP contribution is -2.13. The van der Waals surface area contributed by atoms with Crippen LogP contribution in [0.3, 0.4) is 0 Å². The summed E-state index contributed by atoms with van der Waals surface area (Å²) in [4.78, 5) is 13.0. The molecule has 0 aliphatic rings. The van der Waals surface area contributed by atoms with Crippen LogP contribution < -0.4 is 5.32 Å². The van der Waals surface area contributed by atoms with Crippen molar-refractivity contribution in [1.29, 1.82) is 0 Å². The Morgan fingerprint density at radius 2 is 2.14 bits per heavy atom. The normalized spacial score (nSPS) is 10.6. The molecule has 0 saturated heterocycles. The zero-order valence-corrected chi connectivity index (χ0v) is 12.4. The van der Waals surface area contributed by atoms with Crippen molar-refractivity contribution in [3.8, 4) is 5.69 Å². The first-order valence-electron chi connectivity index (χ1n) is 6.35. The SMILES string of the molecule is Cc1ccsc1C(=O)Nc1cccc(-n2cnnn2)c1C. The molecule has 1 aromatic carbocycles. The number of carbonyl (C=O) groups is 1. The molecule has 0 aliphatic carbocycles. The molecule has 7 heteroatoms. The molecule has 2 heterocycles. The number of hydrogen-bond donors (Lipinski definition) is 1. The largest absolute Gasteiger partial charge is 0.321 e. The monoisotopic (exact) mass is 299 g/mol. The molecule has 6 nitrogen and oxygen atoms in total. The van der Waals surface area contributed by atoms with Crippen LogP contribution in [-0.2, 0) is 0 Å². The highest BCUT2D eigenvalue weighted by atomic mass is 32.1. The Morgan fingerprint density at radius 1 is 1.29 bits per heavy atom. The quantitative estimate of drug-likeness (QED) is 0.807. The highest BCUT2D eigenvalue weighted by Gasteiger charge is 2.13. The molecular weight excluding hydrogens is 286 g/mol. The van der Waals surface area contributed by atoms with Crippen molar-refractivity contribution < 1.29 is 4.79 Å². The summed E-state index contributed by atoms with van der Waals surface area (Å²) in [5.41, 5.74) is 3.47. The molecule has 0 unspecified atom stereocenters. The minimum atomic E-state index is -0.0977. The predicted molar refractivity (Wildman–Crippen MR) is 80.9 cm³/mol. The third-order valence-electron chi connectivity index (χ3n) is 3.22. The number of amides is 1. The van der Waals surface area contributed by atoms with Crippen molar-refractivity contribution in [2.75, 3.05) is 5.32 Å². The second kappa shape index (κ2) is 5.45. The van der Waals surface area contributed by atoms with E-state index in [1.165, 1.54) is 17.7 Å². The van der Waals surface area contributed by atoms with Gasteiger partial charge >= 0.3 is 0 Å². The van der Waals surface area contributed by atoms with Gasteiger partial charge in [-0.3, -0.25) is 4.79 Å². The molecule has 3 rings (SSSR count). The average molecular weight is 299 g/mol. The van der Waals surface area contributed by atoms with E-state index in [2.05, 4.69) is 20.8 Å². The highest BCUT2D eigenvalue weighted by molar-refractivity contribution is 7.12. The topological polar surface area (TPSA) is 72.7 Å². The van der Waals surface area contributed by atoms with Crippen LogP contribution >= 0.6 is 11.3 Å². The standard InChI is InChI=1S/C14H13N5OS/c1-9-6-7-21-13(9)14(20)16-11-4-3-5-12(10(11)2)19-8-15-17-18-19/h3-8H,1-2H3,(H,16,20). The van der Waals surface area contributed by atoms with E-state index in [-0.39, 0.29) is 5.91 Å². The summed E-state index contributed by atoms with van der Waals surface area (Å²) in [5.74, 6) is -0.0977. The number of rotatable bonds is 3. The van der Waals surface area contributed by atoms with Gasteiger partial charge in [-0.2, -0.15) is 0 Å². The summed E-state index contributed by atoms with van der Waals surface area (Å²) >= 11 is 1.44. The van der Waals surface area contributed by atoms with E-state index in [1.54, 1.807) is 4.68 Å². The van der Waals surface area contributed by atoms with Gasteiger partial charge in [-0.15, -0.1) is 16.4 Å². The van der Waals surface area contributed by atoms with Gasteiger partial charge < -0.3 is 5.32 Å². The molecular formula is C14H13N5OS. The first-order chi connectivity index (χ1) is 10.2. The van der Waals surface area contributed by atoms with E-state index < -0.39 is 0 Å². The molecule has 1 amide bonds. The number of carbonyl (C=O) groups excluding carboxylic acids is 1. The lowest BCUT2D eigenvalue weighted by Gasteiger charge is -2.11. The zero-order valence-electron chi connectivity index (χ0n) is 11.6. The van der Waals surface area contributed by atoms with Gasteiger partial charge in [-0.1, -0.05) is 6.07 Å². The number of aryl methyl sites for hydroxylation is 1. The first-order valence-corrected chi connectivity index (χ1v) is 7.23. The Labute approximate surface area is 125 Å². The van der Waals surface area contributed by atoms with Crippen LogP contribution in [0, 0.1) is 13.8 Å². The van der Waals surface area contributed by atoms with Crippen LogP contribution in [0.15, 0.2) is 36.0 Å². The van der Waals surface area contributed by atoms with Crippen LogP contribution in [0.2, 0.25) is 0 Å². The van der Waals surface area contributed by atoms with Crippen molar-refractivity contribution in [3.05, 3.63) is 52.0 Å². The van der Waals surface area contributed by atoms with Crippen molar-refractivity contribution >= 4 is 22.9 Å². The predicted octanol–water partition coefficient (Wildman–Crippen LogP) is 2.59. The Morgan fingerprint density at radius 3 is 2.81 bits per heavy atom. The lowest BCUT2D eigenvalue weighted by molar-refractivity contribution is 0.103. The summed E-state index contributed by atoms with van der Waals surface area (Å²) in [6.07, 6.45) is 1.53. The molecule has 1 N–H and O–H groups in total. The third kappa shape index (κ3) is 2.55. The summed E-state index contributed by atoms with van der Waals surface area (Å²) in [5, 5.41) is 16.0. The Balaban J connectivity index is 1.92. The molecule has 2 aromatic heterocycles. The van der Waals surface area contributed by atoms with Crippen molar-refractivity contribution in [2.24, 2.45) is 0 Å². The number of aromatic nitrogens is 4. The summed E-state index contributed by atoms with van der Waals surface area (Å²) in [6.45, 7) is 3.85. The molecule has 0 bridgehead atoms. The number of anilines is 1. The summed E-state index contributed by atoms with van der Waals surface area (Å²) in [7, 11) is 0. The van der Waals surface area contributed by atoms with Crippen LogP contribution in [0.5, 0.6) is 0 Å². The number of tetrazole rings is 1. The van der Waals surface area contributed by atoms with Gasteiger partial charge in [0.1, 0.15) is 6.33 Å². The summed E-state index contributed by atoms with van der Waals surface area (Å²) < 4.78 is 1.57. The van der Waals surface area contributed by atoms with Crippen molar-refractivity contribution in [2.45, 2.75) is 13.8 Å². The van der Waals surface area contributed by atoms with E-state index in [4.69, 9.17) is 0 Å². The fraction of sp³-hybridized carbons (Fsp3) is 0.143. The maximum absolute atomic E-state index is 12.3. The molecule has 0 radical (unpaired) electrons. The number of thiophene rings is 1. The maximum Gasteiger partial charge on any atom is 0.266 e. The average Bonchev–Trinajstić information content (AvgIpc) is 3.12. The van der Waals surface area contributed by atoms with Crippen LogP contribution in [0.1, 0.15) is 20.8 Å². The highest BCUT2D eigenvalue weighted by Crippen LogP contribution is 2.23. The Bertz CT molecular complexity index is 779. The van der Waals surface area contributed by atoms with Gasteiger partial charge in [0, 0.05) is 5.69 Å². The van der Waals surface area contributed by atoms with E-state index >= 15 is 0 Å². The molecule has 0 atom stereocenters. The molecule has 0 saturated carbocycles. The molecule has 0 spiro atoms. The Hall–Kier alpha value is -2.54. The van der Waals surface area contributed by atoms with Crippen LogP contribution in [0.4, 0.5) is 5.69 Å².